The second-order valence-electron chi connectivity index (χ2n) is 8.47. The summed E-state index contributed by atoms with van der Waals surface area (Å²) in [6, 6.07) is 27.6. The third-order valence-electron chi connectivity index (χ3n) is 6.53. The van der Waals surface area contributed by atoms with E-state index in [-0.39, 0.29) is 12.5 Å². The van der Waals surface area contributed by atoms with Gasteiger partial charge in [0, 0.05) is 16.8 Å². The molecular weight excluding hydrogens is 465 g/mol. The summed E-state index contributed by atoms with van der Waals surface area (Å²) in [4.78, 5) is 31.4. The number of carbonyl (C=O) groups excluding carboxylic acids is 2. The van der Waals surface area contributed by atoms with Crippen molar-refractivity contribution in [2.75, 3.05) is 15.1 Å². The van der Waals surface area contributed by atoms with Gasteiger partial charge in [0.2, 0.25) is 5.66 Å². The Balaban J connectivity index is 1.60. The zero-order valence-electron chi connectivity index (χ0n) is 18.4. The van der Waals surface area contributed by atoms with Crippen molar-refractivity contribution in [3.8, 4) is 0 Å². The highest BCUT2D eigenvalue weighted by Crippen LogP contribution is 2.51. The number of nitrogens with one attached hydrogen (secondary N) is 1. The van der Waals surface area contributed by atoms with Crippen LogP contribution in [0.25, 0.3) is 0 Å². The molecule has 2 amide bonds. The van der Waals surface area contributed by atoms with E-state index in [0.29, 0.717) is 38.8 Å². The molecule has 0 radical (unpaired) electrons. The molecule has 0 fully saturated rings. The first-order valence-corrected chi connectivity index (χ1v) is 11.5. The molecule has 6 rings (SSSR count). The van der Waals surface area contributed by atoms with E-state index in [4.69, 9.17) is 11.6 Å². The van der Waals surface area contributed by atoms with Gasteiger partial charge in [-0.3, -0.25) is 14.5 Å². The van der Waals surface area contributed by atoms with E-state index in [1.807, 2.05) is 18.2 Å². The standard InChI is InChI=1S/C28H19ClFN3O2/c29-21-12-4-8-16-25(21)33-26(34)19-10-2-6-14-23(19)31-28(33)20-11-3-7-15-24(20)32(27(28)35)17-18-9-1-5-13-22(18)30/h1-16,31H,17H2. The largest absolute Gasteiger partial charge is 0.350 e. The van der Waals surface area contributed by atoms with E-state index in [2.05, 4.69) is 5.32 Å². The molecule has 4 aromatic rings. The van der Waals surface area contributed by atoms with Crippen molar-refractivity contribution in [3.05, 3.63) is 125 Å². The van der Waals surface area contributed by atoms with Gasteiger partial charge in [-0.1, -0.05) is 72.3 Å². The zero-order valence-corrected chi connectivity index (χ0v) is 19.2. The van der Waals surface area contributed by atoms with Crippen LogP contribution in [0, 0.1) is 5.82 Å². The van der Waals surface area contributed by atoms with Crippen LogP contribution in [-0.2, 0) is 17.0 Å². The molecule has 0 bridgehead atoms. The summed E-state index contributed by atoms with van der Waals surface area (Å²) in [6.07, 6.45) is 0. The SMILES string of the molecule is O=C1c2ccccc2NC2(C(=O)N(Cc3ccccc3F)c3ccccc32)N1c1ccccc1Cl. The molecule has 0 aliphatic carbocycles. The van der Waals surface area contributed by atoms with E-state index in [0.717, 1.165) is 0 Å². The summed E-state index contributed by atoms with van der Waals surface area (Å²) in [5.74, 6) is -1.16. The molecule has 1 spiro atoms. The van der Waals surface area contributed by atoms with Gasteiger partial charge in [0.15, 0.2) is 0 Å². The van der Waals surface area contributed by atoms with Crippen molar-refractivity contribution >= 4 is 40.5 Å². The molecule has 5 nitrogen and oxygen atoms in total. The predicted molar refractivity (Wildman–Crippen MR) is 134 cm³/mol. The quantitative estimate of drug-likeness (QED) is 0.391. The number of fused-ring (bicyclic) bond motifs is 3. The number of halogens is 2. The molecule has 35 heavy (non-hydrogen) atoms. The molecule has 1 unspecified atom stereocenters. The molecule has 0 aromatic heterocycles. The topological polar surface area (TPSA) is 52.7 Å². The van der Waals surface area contributed by atoms with Crippen LogP contribution in [0.4, 0.5) is 21.5 Å². The van der Waals surface area contributed by atoms with Crippen molar-refractivity contribution in [1.82, 2.24) is 0 Å². The van der Waals surface area contributed by atoms with E-state index < -0.39 is 17.4 Å². The monoisotopic (exact) mass is 483 g/mol. The van der Waals surface area contributed by atoms with Crippen molar-refractivity contribution in [2.45, 2.75) is 12.2 Å². The van der Waals surface area contributed by atoms with E-state index in [1.54, 1.807) is 72.8 Å². The first kappa shape index (κ1) is 21.4. The first-order valence-electron chi connectivity index (χ1n) is 11.1. The summed E-state index contributed by atoms with van der Waals surface area (Å²) >= 11 is 6.58. The maximum atomic E-state index is 14.6. The molecular formula is C28H19ClFN3O2. The van der Waals surface area contributed by atoms with Crippen molar-refractivity contribution in [1.29, 1.82) is 0 Å². The second kappa shape index (κ2) is 7.96. The minimum Gasteiger partial charge on any atom is -0.350 e. The van der Waals surface area contributed by atoms with Crippen LogP contribution in [0.3, 0.4) is 0 Å². The van der Waals surface area contributed by atoms with Crippen LogP contribution in [0.1, 0.15) is 21.5 Å². The number of rotatable bonds is 3. The first-order chi connectivity index (χ1) is 17.0. The summed E-state index contributed by atoms with van der Waals surface area (Å²) in [5.41, 5.74) is 1.32. The molecule has 7 heteroatoms. The van der Waals surface area contributed by atoms with Gasteiger partial charge in [0.05, 0.1) is 28.5 Å². The summed E-state index contributed by atoms with van der Waals surface area (Å²) < 4.78 is 14.6. The predicted octanol–water partition coefficient (Wildman–Crippen LogP) is 5.95. The van der Waals surface area contributed by atoms with Gasteiger partial charge in [-0.2, -0.15) is 0 Å². The number of hydrogen-bond donors (Lipinski definition) is 1. The average molecular weight is 484 g/mol. The molecule has 4 aromatic carbocycles. The normalized spacial score (nSPS) is 18.5. The average Bonchev–Trinajstić information content (AvgIpc) is 3.10. The minimum atomic E-state index is -1.60. The van der Waals surface area contributed by atoms with Crippen LogP contribution < -0.4 is 15.1 Å². The molecule has 0 saturated carbocycles. The van der Waals surface area contributed by atoms with Gasteiger partial charge >= 0.3 is 0 Å². The van der Waals surface area contributed by atoms with E-state index >= 15 is 0 Å². The van der Waals surface area contributed by atoms with Crippen molar-refractivity contribution in [2.24, 2.45) is 0 Å². The second-order valence-corrected chi connectivity index (χ2v) is 8.88. The van der Waals surface area contributed by atoms with Gasteiger partial charge in [-0.15, -0.1) is 0 Å². The summed E-state index contributed by atoms with van der Waals surface area (Å²) in [7, 11) is 0. The minimum absolute atomic E-state index is 0.0121. The summed E-state index contributed by atoms with van der Waals surface area (Å²) in [6.45, 7) is 0.0121. The zero-order chi connectivity index (χ0) is 24.2. The maximum absolute atomic E-state index is 14.6. The number of carbonyl (C=O) groups is 2. The Labute approximate surface area is 206 Å². The number of anilines is 3. The smallest absolute Gasteiger partial charge is 0.279 e. The molecule has 172 valence electrons. The fourth-order valence-corrected chi connectivity index (χ4v) is 5.17. The fourth-order valence-electron chi connectivity index (χ4n) is 4.95. The number of amides is 2. The molecule has 2 aliphatic heterocycles. The van der Waals surface area contributed by atoms with E-state index in [9.17, 15) is 14.0 Å². The highest BCUT2D eigenvalue weighted by Gasteiger charge is 2.60. The molecule has 2 heterocycles. The van der Waals surface area contributed by atoms with Crippen LogP contribution in [0.5, 0.6) is 0 Å². The highest BCUT2D eigenvalue weighted by molar-refractivity contribution is 6.35. The van der Waals surface area contributed by atoms with Crippen molar-refractivity contribution in [3.63, 3.8) is 0 Å². The Hall–Kier alpha value is -4.16. The number of hydrogen-bond acceptors (Lipinski definition) is 3. The fraction of sp³-hybridized carbons (Fsp3) is 0.0714. The van der Waals surface area contributed by atoms with Gasteiger partial charge in [-0.25, -0.2) is 4.39 Å². The highest BCUT2D eigenvalue weighted by atomic mass is 35.5. The van der Waals surface area contributed by atoms with Gasteiger partial charge in [0.25, 0.3) is 11.8 Å². The van der Waals surface area contributed by atoms with Crippen molar-refractivity contribution < 1.29 is 14.0 Å². The number of benzene rings is 4. The Morgan fingerprint density at radius 2 is 1.46 bits per heavy atom. The Morgan fingerprint density at radius 1 is 0.800 bits per heavy atom. The molecule has 1 atom stereocenters. The Morgan fingerprint density at radius 3 is 2.26 bits per heavy atom. The van der Waals surface area contributed by atoms with Crippen LogP contribution in [-0.4, -0.2) is 11.8 Å². The van der Waals surface area contributed by atoms with Gasteiger partial charge in [-0.05, 0) is 36.4 Å². The Kier molecular flexibility index (Phi) is 4.86. The summed E-state index contributed by atoms with van der Waals surface area (Å²) in [5, 5.41) is 3.71. The van der Waals surface area contributed by atoms with E-state index in [1.165, 1.54) is 15.9 Å². The third-order valence-corrected chi connectivity index (χ3v) is 6.85. The lowest BCUT2D eigenvalue weighted by molar-refractivity contribution is -0.122. The number of para-hydroxylation sites is 3. The van der Waals surface area contributed by atoms with Crippen LogP contribution >= 0.6 is 11.6 Å². The van der Waals surface area contributed by atoms with Crippen LogP contribution in [0.2, 0.25) is 5.02 Å². The maximum Gasteiger partial charge on any atom is 0.279 e. The Bertz CT molecular complexity index is 1510. The van der Waals surface area contributed by atoms with Crippen LogP contribution in [0.15, 0.2) is 97.1 Å². The lowest BCUT2D eigenvalue weighted by atomic mass is 9.92. The number of nitrogens with zero attached hydrogens (tertiary/aromatic N) is 2. The lowest BCUT2D eigenvalue weighted by Gasteiger charge is -2.45. The van der Waals surface area contributed by atoms with Gasteiger partial charge < -0.3 is 10.2 Å². The molecule has 1 N–H and O–H groups in total. The third kappa shape index (κ3) is 3.07. The molecule has 0 saturated heterocycles. The lowest BCUT2D eigenvalue weighted by Crippen LogP contribution is -2.63. The van der Waals surface area contributed by atoms with Gasteiger partial charge in [0.1, 0.15) is 5.82 Å². The molecule has 2 aliphatic rings.